The Hall–Kier alpha value is -2.25. The maximum absolute atomic E-state index is 13.1. The summed E-state index contributed by atoms with van der Waals surface area (Å²) in [7, 11) is 0. The Labute approximate surface area is 131 Å². The quantitative estimate of drug-likeness (QED) is 0.850. The van der Waals surface area contributed by atoms with Crippen molar-refractivity contribution in [2.45, 2.75) is 38.4 Å². The molecule has 1 fully saturated rings. The van der Waals surface area contributed by atoms with E-state index in [-0.39, 0.29) is 5.82 Å². The first kappa shape index (κ1) is 15.6. The normalized spacial score (nSPS) is 21.7. The molecule has 8 heteroatoms. The SMILES string of the molecule is Cc1cc(C(F)(F)F)nc([C@]2(C)CCCN2c2ncccn2)n1. The van der Waals surface area contributed by atoms with E-state index in [4.69, 9.17) is 0 Å². The molecule has 0 amide bonds. The van der Waals surface area contributed by atoms with Crippen molar-refractivity contribution in [3.8, 4) is 0 Å². The zero-order chi connectivity index (χ0) is 16.7. The Morgan fingerprint density at radius 2 is 1.87 bits per heavy atom. The fourth-order valence-corrected chi connectivity index (χ4v) is 2.90. The molecular formula is C15H16F3N5. The minimum atomic E-state index is -4.49. The van der Waals surface area contributed by atoms with E-state index in [9.17, 15) is 13.2 Å². The van der Waals surface area contributed by atoms with Crippen molar-refractivity contribution in [1.29, 1.82) is 0 Å². The van der Waals surface area contributed by atoms with Gasteiger partial charge in [-0.3, -0.25) is 0 Å². The van der Waals surface area contributed by atoms with Gasteiger partial charge in [0.05, 0.1) is 0 Å². The van der Waals surface area contributed by atoms with Gasteiger partial charge in [0.25, 0.3) is 0 Å². The third-order valence-corrected chi connectivity index (χ3v) is 4.06. The largest absolute Gasteiger partial charge is 0.433 e. The number of halogens is 3. The van der Waals surface area contributed by atoms with Crippen molar-refractivity contribution >= 4 is 5.95 Å². The summed E-state index contributed by atoms with van der Waals surface area (Å²) in [6, 6.07) is 2.66. The van der Waals surface area contributed by atoms with Gasteiger partial charge in [-0.15, -0.1) is 0 Å². The van der Waals surface area contributed by atoms with Crippen LogP contribution in [0.25, 0.3) is 0 Å². The van der Waals surface area contributed by atoms with Crippen LogP contribution in [0.15, 0.2) is 24.5 Å². The number of aromatic nitrogens is 4. The van der Waals surface area contributed by atoms with Gasteiger partial charge in [-0.05, 0) is 38.8 Å². The highest BCUT2D eigenvalue weighted by atomic mass is 19.4. The molecule has 3 heterocycles. The van der Waals surface area contributed by atoms with Gasteiger partial charge in [0.2, 0.25) is 5.95 Å². The van der Waals surface area contributed by atoms with E-state index >= 15 is 0 Å². The standard InChI is InChI=1S/C15H16F3N5/c1-10-9-11(15(16,17)18)22-12(21-10)14(2)5-3-8-23(14)13-19-6-4-7-20-13/h4,6-7,9H,3,5,8H2,1-2H3/t14-/m0/s1. The van der Waals surface area contributed by atoms with Crippen LogP contribution < -0.4 is 4.90 Å². The fourth-order valence-electron chi connectivity index (χ4n) is 2.90. The van der Waals surface area contributed by atoms with E-state index in [0.717, 1.165) is 12.5 Å². The minimum absolute atomic E-state index is 0.162. The number of hydrogen-bond donors (Lipinski definition) is 0. The van der Waals surface area contributed by atoms with Crippen LogP contribution in [0.2, 0.25) is 0 Å². The number of aryl methyl sites for hydroxylation is 1. The Morgan fingerprint density at radius 1 is 1.17 bits per heavy atom. The molecule has 3 rings (SSSR count). The summed E-state index contributed by atoms with van der Waals surface area (Å²) < 4.78 is 39.2. The maximum Gasteiger partial charge on any atom is 0.433 e. The highest BCUT2D eigenvalue weighted by Gasteiger charge is 2.44. The maximum atomic E-state index is 13.1. The summed E-state index contributed by atoms with van der Waals surface area (Å²) in [5.41, 5.74) is -1.38. The second-order valence-corrected chi connectivity index (χ2v) is 5.79. The molecule has 2 aromatic rings. The lowest BCUT2D eigenvalue weighted by Gasteiger charge is -2.34. The van der Waals surface area contributed by atoms with Crippen molar-refractivity contribution in [1.82, 2.24) is 19.9 Å². The number of anilines is 1. The number of alkyl halides is 3. The van der Waals surface area contributed by atoms with Crippen LogP contribution in [0.3, 0.4) is 0 Å². The Morgan fingerprint density at radius 3 is 2.52 bits per heavy atom. The van der Waals surface area contributed by atoms with Crippen LogP contribution in [0.5, 0.6) is 0 Å². The molecule has 0 saturated carbocycles. The number of rotatable bonds is 2. The van der Waals surface area contributed by atoms with Crippen LogP contribution in [-0.4, -0.2) is 26.5 Å². The van der Waals surface area contributed by atoms with Gasteiger partial charge in [-0.2, -0.15) is 13.2 Å². The lowest BCUT2D eigenvalue weighted by molar-refractivity contribution is -0.141. The van der Waals surface area contributed by atoms with Crippen molar-refractivity contribution in [3.05, 3.63) is 41.7 Å². The summed E-state index contributed by atoms with van der Waals surface area (Å²) in [5.74, 6) is 0.640. The average Bonchev–Trinajstić information content (AvgIpc) is 2.90. The van der Waals surface area contributed by atoms with Crippen LogP contribution in [0.1, 0.15) is 37.0 Å². The summed E-state index contributed by atoms with van der Waals surface area (Å²) >= 11 is 0. The van der Waals surface area contributed by atoms with Gasteiger partial charge in [0.1, 0.15) is 11.2 Å². The molecule has 0 radical (unpaired) electrons. The lowest BCUT2D eigenvalue weighted by atomic mass is 9.97. The minimum Gasteiger partial charge on any atom is -0.328 e. The monoisotopic (exact) mass is 323 g/mol. The van der Waals surface area contributed by atoms with Crippen LogP contribution in [-0.2, 0) is 11.7 Å². The van der Waals surface area contributed by atoms with Crippen LogP contribution in [0, 0.1) is 6.92 Å². The van der Waals surface area contributed by atoms with Gasteiger partial charge in [0, 0.05) is 24.6 Å². The van der Waals surface area contributed by atoms with Crippen molar-refractivity contribution in [2.24, 2.45) is 0 Å². The Kier molecular flexibility index (Phi) is 3.69. The molecule has 5 nitrogen and oxygen atoms in total. The molecule has 1 aliphatic heterocycles. The van der Waals surface area contributed by atoms with Crippen molar-refractivity contribution in [3.63, 3.8) is 0 Å². The van der Waals surface area contributed by atoms with Crippen molar-refractivity contribution < 1.29 is 13.2 Å². The number of hydrogen-bond acceptors (Lipinski definition) is 5. The topological polar surface area (TPSA) is 54.8 Å². The van der Waals surface area contributed by atoms with E-state index in [2.05, 4.69) is 19.9 Å². The first-order chi connectivity index (χ1) is 10.8. The second-order valence-electron chi connectivity index (χ2n) is 5.79. The van der Waals surface area contributed by atoms with E-state index < -0.39 is 17.4 Å². The molecule has 1 saturated heterocycles. The zero-order valence-corrected chi connectivity index (χ0v) is 12.8. The molecule has 0 spiro atoms. The van der Waals surface area contributed by atoms with E-state index in [1.165, 1.54) is 0 Å². The molecule has 23 heavy (non-hydrogen) atoms. The van der Waals surface area contributed by atoms with Gasteiger partial charge < -0.3 is 4.90 Å². The van der Waals surface area contributed by atoms with Crippen LogP contribution >= 0.6 is 0 Å². The highest BCUT2D eigenvalue weighted by Crippen LogP contribution is 2.39. The average molecular weight is 323 g/mol. The molecule has 0 unspecified atom stereocenters. The predicted octanol–water partition coefficient (Wildman–Crippen LogP) is 3.11. The molecule has 122 valence electrons. The second kappa shape index (κ2) is 5.43. The molecule has 1 aliphatic rings. The molecule has 0 aromatic carbocycles. The van der Waals surface area contributed by atoms with Gasteiger partial charge >= 0.3 is 6.18 Å². The lowest BCUT2D eigenvalue weighted by Crippen LogP contribution is -2.41. The van der Waals surface area contributed by atoms with E-state index in [1.54, 1.807) is 25.4 Å². The summed E-state index contributed by atoms with van der Waals surface area (Å²) in [6.45, 7) is 4.03. The Bertz CT molecular complexity index is 704. The molecular weight excluding hydrogens is 307 g/mol. The fraction of sp³-hybridized carbons (Fsp3) is 0.467. The third kappa shape index (κ3) is 2.85. The Balaban J connectivity index is 2.07. The third-order valence-electron chi connectivity index (χ3n) is 4.06. The molecule has 2 aromatic heterocycles. The smallest absolute Gasteiger partial charge is 0.328 e. The molecule has 1 atom stereocenters. The first-order valence-electron chi connectivity index (χ1n) is 7.29. The van der Waals surface area contributed by atoms with Crippen LogP contribution in [0.4, 0.5) is 19.1 Å². The predicted molar refractivity (Wildman–Crippen MR) is 77.7 cm³/mol. The first-order valence-corrected chi connectivity index (χ1v) is 7.29. The van der Waals surface area contributed by atoms with Gasteiger partial charge in [-0.25, -0.2) is 19.9 Å². The van der Waals surface area contributed by atoms with Gasteiger partial charge in [0.15, 0.2) is 5.82 Å². The highest BCUT2D eigenvalue weighted by molar-refractivity contribution is 5.39. The molecule has 0 N–H and O–H groups in total. The van der Waals surface area contributed by atoms with E-state index in [0.29, 0.717) is 24.6 Å². The number of nitrogens with zero attached hydrogens (tertiary/aromatic N) is 5. The van der Waals surface area contributed by atoms with E-state index in [1.807, 2.05) is 11.8 Å². The zero-order valence-electron chi connectivity index (χ0n) is 12.8. The summed E-state index contributed by atoms with van der Waals surface area (Å²) in [5, 5.41) is 0. The summed E-state index contributed by atoms with van der Waals surface area (Å²) in [4.78, 5) is 18.4. The van der Waals surface area contributed by atoms with Gasteiger partial charge in [-0.1, -0.05) is 0 Å². The van der Waals surface area contributed by atoms with Crippen molar-refractivity contribution in [2.75, 3.05) is 11.4 Å². The molecule has 0 aliphatic carbocycles. The summed E-state index contributed by atoms with van der Waals surface area (Å²) in [6.07, 6.45) is 0.184. The molecule has 0 bridgehead atoms.